The number of rotatable bonds is 3. The molecule has 1 N–H and O–H groups in total. The Hall–Kier alpha value is -1.09. The molecular formula is C10H13ClN2O. The maximum atomic E-state index is 11.5. The number of nitrogens with zero attached hydrogens (tertiary/aromatic N) is 1. The molecule has 1 amide bonds. The Morgan fingerprint density at radius 3 is 3.00 bits per heavy atom. The van der Waals surface area contributed by atoms with E-state index in [0.29, 0.717) is 10.7 Å². The van der Waals surface area contributed by atoms with Crippen molar-refractivity contribution in [3.8, 4) is 0 Å². The van der Waals surface area contributed by atoms with Crippen LogP contribution in [-0.2, 0) is 0 Å². The van der Waals surface area contributed by atoms with Crippen molar-refractivity contribution in [1.82, 2.24) is 10.3 Å². The van der Waals surface area contributed by atoms with Gasteiger partial charge in [-0.3, -0.25) is 9.78 Å². The van der Waals surface area contributed by atoms with E-state index in [1.165, 1.54) is 6.20 Å². The van der Waals surface area contributed by atoms with Crippen LogP contribution < -0.4 is 5.32 Å². The van der Waals surface area contributed by atoms with Crippen molar-refractivity contribution in [3.63, 3.8) is 0 Å². The number of nitrogens with one attached hydrogen (secondary N) is 1. The lowest BCUT2D eigenvalue weighted by Gasteiger charge is -2.10. The fourth-order valence-corrected chi connectivity index (χ4v) is 1.09. The first-order valence-electron chi connectivity index (χ1n) is 4.56. The van der Waals surface area contributed by atoms with E-state index in [1.54, 1.807) is 12.1 Å². The van der Waals surface area contributed by atoms with Crippen molar-refractivity contribution in [2.75, 3.05) is 0 Å². The smallest absolute Gasteiger partial charge is 0.270 e. The highest BCUT2D eigenvalue weighted by atomic mass is 35.5. The van der Waals surface area contributed by atoms with Gasteiger partial charge in [-0.25, -0.2) is 0 Å². The number of halogens is 1. The Morgan fingerprint density at radius 1 is 1.71 bits per heavy atom. The van der Waals surface area contributed by atoms with Gasteiger partial charge >= 0.3 is 0 Å². The minimum absolute atomic E-state index is 0.156. The third kappa shape index (κ3) is 3.00. The summed E-state index contributed by atoms with van der Waals surface area (Å²) in [6.45, 7) is 3.96. The van der Waals surface area contributed by atoms with Gasteiger partial charge in [-0.15, -0.1) is 0 Å². The molecule has 0 saturated heterocycles. The maximum absolute atomic E-state index is 11.5. The summed E-state index contributed by atoms with van der Waals surface area (Å²) in [5.74, 6) is -0.179. The number of carbonyl (C=O) groups excluding carboxylic acids is 1. The van der Waals surface area contributed by atoms with Crippen LogP contribution in [0.1, 0.15) is 30.8 Å². The molecule has 76 valence electrons. The molecule has 0 aliphatic carbocycles. The quantitative estimate of drug-likeness (QED) is 0.835. The minimum Gasteiger partial charge on any atom is -0.348 e. The fourth-order valence-electron chi connectivity index (χ4n) is 0.929. The van der Waals surface area contributed by atoms with Crippen LogP contribution in [0.3, 0.4) is 0 Å². The standard InChI is InChI=1S/C10H13ClN2O/c1-3-7(2)13-10(14)9-6-8(11)4-5-12-9/h4-7H,3H2,1-2H3,(H,13,14)/t7-/m0/s1. The van der Waals surface area contributed by atoms with Gasteiger partial charge in [0.1, 0.15) is 5.69 Å². The van der Waals surface area contributed by atoms with Gasteiger partial charge < -0.3 is 5.32 Å². The van der Waals surface area contributed by atoms with Gasteiger partial charge in [0.25, 0.3) is 5.91 Å². The number of hydrogen-bond donors (Lipinski definition) is 1. The number of hydrogen-bond acceptors (Lipinski definition) is 2. The predicted octanol–water partition coefficient (Wildman–Crippen LogP) is 2.26. The van der Waals surface area contributed by atoms with E-state index < -0.39 is 0 Å². The van der Waals surface area contributed by atoms with Crippen LogP contribution in [0, 0.1) is 0 Å². The lowest BCUT2D eigenvalue weighted by molar-refractivity contribution is 0.0934. The molecule has 3 nitrogen and oxygen atoms in total. The van der Waals surface area contributed by atoms with Crippen LogP contribution in [0.5, 0.6) is 0 Å². The second kappa shape index (κ2) is 4.96. The van der Waals surface area contributed by atoms with Crippen molar-refractivity contribution in [3.05, 3.63) is 29.0 Å². The highest BCUT2D eigenvalue weighted by Crippen LogP contribution is 2.07. The fraction of sp³-hybridized carbons (Fsp3) is 0.400. The average molecular weight is 213 g/mol. The molecule has 4 heteroatoms. The SMILES string of the molecule is CC[C@H](C)NC(=O)c1cc(Cl)ccn1. The van der Waals surface area contributed by atoms with Crippen molar-refractivity contribution in [2.24, 2.45) is 0 Å². The van der Waals surface area contributed by atoms with Crippen LogP contribution in [-0.4, -0.2) is 16.9 Å². The summed E-state index contributed by atoms with van der Waals surface area (Å²) in [5, 5.41) is 3.34. The molecule has 0 aliphatic rings. The molecule has 1 rings (SSSR count). The Morgan fingerprint density at radius 2 is 2.43 bits per heavy atom. The molecule has 0 aromatic carbocycles. The van der Waals surface area contributed by atoms with E-state index in [4.69, 9.17) is 11.6 Å². The van der Waals surface area contributed by atoms with Gasteiger partial charge in [-0.2, -0.15) is 0 Å². The topological polar surface area (TPSA) is 42.0 Å². The molecule has 1 atom stereocenters. The lowest BCUT2D eigenvalue weighted by Crippen LogP contribution is -2.32. The summed E-state index contributed by atoms with van der Waals surface area (Å²) < 4.78 is 0. The monoisotopic (exact) mass is 212 g/mol. The molecule has 14 heavy (non-hydrogen) atoms. The van der Waals surface area contributed by atoms with E-state index in [-0.39, 0.29) is 11.9 Å². The Kier molecular flexibility index (Phi) is 3.89. The van der Waals surface area contributed by atoms with Gasteiger partial charge in [0, 0.05) is 17.3 Å². The summed E-state index contributed by atoms with van der Waals surface area (Å²) in [6, 6.07) is 3.35. The van der Waals surface area contributed by atoms with Crippen molar-refractivity contribution in [1.29, 1.82) is 0 Å². The van der Waals surface area contributed by atoms with Crippen molar-refractivity contribution in [2.45, 2.75) is 26.3 Å². The normalized spacial score (nSPS) is 12.2. The minimum atomic E-state index is -0.179. The van der Waals surface area contributed by atoms with Crippen LogP contribution in [0.2, 0.25) is 5.02 Å². The van der Waals surface area contributed by atoms with Gasteiger partial charge in [0.05, 0.1) is 0 Å². The first-order valence-corrected chi connectivity index (χ1v) is 4.93. The van der Waals surface area contributed by atoms with E-state index in [2.05, 4.69) is 10.3 Å². The highest BCUT2D eigenvalue weighted by molar-refractivity contribution is 6.30. The zero-order chi connectivity index (χ0) is 10.6. The highest BCUT2D eigenvalue weighted by Gasteiger charge is 2.09. The Balaban J connectivity index is 2.70. The van der Waals surface area contributed by atoms with Crippen LogP contribution in [0.25, 0.3) is 0 Å². The van der Waals surface area contributed by atoms with Crippen LogP contribution in [0.4, 0.5) is 0 Å². The molecule has 0 bridgehead atoms. The number of amides is 1. The summed E-state index contributed by atoms with van der Waals surface area (Å²) in [5.41, 5.74) is 0.359. The molecule has 0 saturated carbocycles. The van der Waals surface area contributed by atoms with E-state index >= 15 is 0 Å². The predicted molar refractivity (Wildman–Crippen MR) is 56.5 cm³/mol. The van der Waals surface area contributed by atoms with E-state index in [9.17, 15) is 4.79 Å². The third-order valence-corrected chi connectivity index (χ3v) is 2.18. The largest absolute Gasteiger partial charge is 0.348 e. The zero-order valence-electron chi connectivity index (χ0n) is 8.25. The number of pyridine rings is 1. The molecule has 1 heterocycles. The van der Waals surface area contributed by atoms with Crippen molar-refractivity contribution >= 4 is 17.5 Å². The first kappa shape index (κ1) is 11.0. The van der Waals surface area contributed by atoms with Gasteiger partial charge in [0.15, 0.2) is 0 Å². The van der Waals surface area contributed by atoms with Gasteiger partial charge in [-0.1, -0.05) is 18.5 Å². The first-order chi connectivity index (χ1) is 6.63. The number of carbonyl (C=O) groups is 1. The van der Waals surface area contributed by atoms with E-state index in [1.807, 2.05) is 13.8 Å². The molecule has 0 unspecified atom stereocenters. The lowest BCUT2D eigenvalue weighted by atomic mass is 10.2. The maximum Gasteiger partial charge on any atom is 0.270 e. The van der Waals surface area contributed by atoms with Crippen molar-refractivity contribution < 1.29 is 4.79 Å². The number of aromatic nitrogens is 1. The molecular weight excluding hydrogens is 200 g/mol. The van der Waals surface area contributed by atoms with E-state index in [0.717, 1.165) is 6.42 Å². The summed E-state index contributed by atoms with van der Waals surface area (Å²) >= 11 is 5.74. The van der Waals surface area contributed by atoms with Gasteiger partial charge in [-0.05, 0) is 25.5 Å². The second-order valence-corrected chi connectivity index (χ2v) is 3.58. The van der Waals surface area contributed by atoms with Crippen LogP contribution >= 0.6 is 11.6 Å². The molecule has 0 fully saturated rings. The van der Waals surface area contributed by atoms with Gasteiger partial charge in [0.2, 0.25) is 0 Å². The van der Waals surface area contributed by atoms with Crippen LogP contribution in [0.15, 0.2) is 18.3 Å². The molecule has 0 radical (unpaired) electrons. The average Bonchev–Trinajstić information content (AvgIpc) is 2.17. The summed E-state index contributed by atoms with van der Waals surface area (Å²) in [4.78, 5) is 15.5. The summed E-state index contributed by atoms with van der Waals surface area (Å²) in [7, 11) is 0. The molecule has 1 aromatic rings. The Bertz CT molecular complexity index is 328. The Labute approximate surface area is 88.5 Å². The summed E-state index contributed by atoms with van der Waals surface area (Å²) in [6.07, 6.45) is 2.42. The molecule has 0 spiro atoms. The third-order valence-electron chi connectivity index (χ3n) is 1.94. The molecule has 0 aliphatic heterocycles. The second-order valence-electron chi connectivity index (χ2n) is 3.14. The molecule has 1 aromatic heterocycles. The zero-order valence-corrected chi connectivity index (χ0v) is 9.01.